The number of alkyl halides is 3. The second-order valence-electron chi connectivity index (χ2n) is 6.33. The van der Waals surface area contributed by atoms with E-state index in [1.165, 1.54) is 0 Å². The van der Waals surface area contributed by atoms with E-state index in [0.717, 1.165) is 12.0 Å². The van der Waals surface area contributed by atoms with Crippen molar-refractivity contribution in [2.45, 2.75) is 48.0 Å². The lowest BCUT2D eigenvalue weighted by atomic mass is 9.77. The molecule has 23 heavy (non-hydrogen) atoms. The summed E-state index contributed by atoms with van der Waals surface area (Å²) in [5, 5.41) is 8.77. The van der Waals surface area contributed by atoms with Crippen LogP contribution in [-0.2, 0) is 4.79 Å². The zero-order valence-corrected chi connectivity index (χ0v) is 14.9. The molecule has 0 saturated carbocycles. The van der Waals surface area contributed by atoms with Crippen LogP contribution in [0.5, 0.6) is 0 Å². The van der Waals surface area contributed by atoms with Crippen LogP contribution in [0.2, 0.25) is 0 Å². The van der Waals surface area contributed by atoms with Gasteiger partial charge in [0.1, 0.15) is 0 Å². The standard InChI is InChI=1S/C17H17Cl3N2O/c1-11-16(8-6-13(18)7-9-16)17(19,20)15(23)22(11)14-4-2-12(10-21)3-5-14/h2,6-9,11,13-14H,3-5H2,1H3/t11-,13?,14?,16?/m0/s1. The van der Waals surface area contributed by atoms with E-state index in [2.05, 4.69) is 6.07 Å². The van der Waals surface area contributed by atoms with Crippen LogP contribution in [0.15, 0.2) is 36.0 Å². The summed E-state index contributed by atoms with van der Waals surface area (Å²) in [6.45, 7) is 1.97. The van der Waals surface area contributed by atoms with Crippen molar-refractivity contribution < 1.29 is 4.79 Å². The molecular weight excluding hydrogens is 355 g/mol. The summed E-state index contributed by atoms with van der Waals surface area (Å²) in [5.41, 5.74) is -0.00152. The van der Waals surface area contributed by atoms with Gasteiger partial charge in [-0.05, 0) is 26.2 Å². The molecule has 122 valence electrons. The molecule has 0 aromatic rings. The van der Waals surface area contributed by atoms with Crippen LogP contribution in [0, 0.1) is 16.7 Å². The first-order valence-corrected chi connectivity index (χ1v) is 8.85. The number of nitrogens with zero attached hydrogens (tertiary/aromatic N) is 2. The number of allylic oxidation sites excluding steroid dienone is 3. The zero-order chi connectivity index (χ0) is 16.8. The molecule has 3 aliphatic rings. The summed E-state index contributed by atoms with van der Waals surface area (Å²) < 4.78 is -1.55. The number of rotatable bonds is 1. The van der Waals surface area contributed by atoms with Crippen molar-refractivity contribution in [3.63, 3.8) is 0 Å². The van der Waals surface area contributed by atoms with E-state index in [1.807, 2.05) is 37.3 Å². The summed E-state index contributed by atoms with van der Waals surface area (Å²) in [6.07, 6.45) is 11.4. The number of amides is 1. The predicted octanol–water partition coefficient (Wildman–Crippen LogP) is 4.11. The fourth-order valence-electron chi connectivity index (χ4n) is 3.78. The molecule has 1 unspecified atom stereocenters. The highest BCUT2D eigenvalue weighted by Crippen LogP contribution is 2.56. The van der Waals surface area contributed by atoms with Gasteiger partial charge in [-0.3, -0.25) is 4.79 Å². The Kier molecular flexibility index (Phi) is 4.29. The lowest BCUT2D eigenvalue weighted by Gasteiger charge is -2.38. The molecule has 0 radical (unpaired) electrons. The van der Waals surface area contributed by atoms with Gasteiger partial charge >= 0.3 is 0 Å². The van der Waals surface area contributed by atoms with Crippen LogP contribution in [0.25, 0.3) is 0 Å². The van der Waals surface area contributed by atoms with E-state index in [9.17, 15) is 4.79 Å². The molecule has 6 heteroatoms. The first kappa shape index (κ1) is 16.9. The van der Waals surface area contributed by atoms with Crippen LogP contribution in [0.3, 0.4) is 0 Å². The fraction of sp³-hybridized carbons (Fsp3) is 0.529. The number of likely N-dealkylation sites (tertiary alicyclic amines) is 1. The Bertz CT molecular complexity index is 645. The van der Waals surface area contributed by atoms with Gasteiger partial charge in [-0.15, -0.1) is 11.6 Å². The summed E-state index contributed by atoms with van der Waals surface area (Å²) in [7, 11) is 0. The maximum atomic E-state index is 12.9. The third-order valence-electron chi connectivity index (χ3n) is 5.19. The Hall–Kier alpha value is -0.950. The summed E-state index contributed by atoms with van der Waals surface area (Å²) in [5.74, 6) is -0.269. The molecule has 1 heterocycles. The second-order valence-corrected chi connectivity index (χ2v) is 8.16. The van der Waals surface area contributed by atoms with Crippen molar-refractivity contribution in [1.82, 2.24) is 4.90 Å². The largest absolute Gasteiger partial charge is 0.333 e. The van der Waals surface area contributed by atoms with Crippen molar-refractivity contribution in [1.29, 1.82) is 5.26 Å². The number of halogens is 3. The fourth-order valence-corrected chi connectivity index (χ4v) is 4.69. The molecule has 1 saturated heterocycles. The Morgan fingerprint density at radius 1 is 1.35 bits per heavy atom. The van der Waals surface area contributed by atoms with Gasteiger partial charge in [-0.25, -0.2) is 0 Å². The lowest BCUT2D eigenvalue weighted by Crippen LogP contribution is -2.44. The first-order valence-electron chi connectivity index (χ1n) is 7.66. The van der Waals surface area contributed by atoms with Gasteiger partial charge in [0.25, 0.3) is 5.91 Å². The Balaban J connectivity index is 1.95. The third kappa shape index (κ3) is 2.43. The number of carbonyl (C=O) groups is 1. The SMILES string of the molecule is C[C@@H]1N(C2CC=C(C#N)CC2)C(=O)C(Cl)(Cl)C12C=CC(Cl)C=C2. The summed E-state index contributed by atoms with van der Waals surface area (Å²) in [4.78, 5) is 14.7. The maximum absolute atomic E-state index is 12.9. The van der Waals surface area contributed by atoms with E-state index in [0.29, 0.717) is 12.8 Å². The molecule has 3 nitrogen and oxygen atoms in total. The third-order valence-corrected chi connectivity index (χ3v) is 6.46. The monoisotopic (exact) mass is 370 g/mol. The van der Waals surface area contributed by atoms with Gasteiger partial charge in [0.15, 0.2) is 0 Å². The number of hydrogen-bond donors (Lipinski definition) is 0. The van der Waals surface area contributed by atoms with Crippen LogP contribution in [0.1, 0.15) is 26.2 Å². The maximum Gasteiger partial charge on any atom is 0.260 e. The Labute approximate surface area is 151 Å². The molecule has 0 bridgehead atoms. The summed E-state index contributed by atoms with van der Waals surface area (Å²) >= 11 is 19.1. The average molecular weight is 372 g/mol. The normalized spacial score (nSPS) is 38.7. The number of hydrogen-bond acceptors (Lipinski definition) is 2. The van der Waals surface area contributed by atoms with Gasteiger partial charge in [-0.2, -0.15) is 5.26 Å². The van der Waals surface area contributed by atoms with Crippen molar-refractivity contribution in [2.75, 3.05) is 0 Å². The minimum Gasteiger partial charge on any atom is -0.333 e. The molecule has 1 spiro atoms. The predicted molar refractivity (Wildman–Crippen MR) is 92.4 cm³/mol. The van der Waals surface area contributed by atoms with E-state index in [1.54, 1.807) is 4.90 Å². The van der Waals surface area contributed by atoms with Crippen molar-refractivity contribution in [3.05, 3.63) is 36.0 Å². The van der Waals surface area contributed by atoms with E-state index >= 15 is 0 Å². The minimum absolute atomic E-state index is 0.0152. The first-order chi connectivity index (χ1) is 10.8. The molecule has 1 amide bonds. The number of nitriles is 1. The highest BCUT2D eigenvalue weighted by Gasteiger charge is 2.65. The van der Waals surface area contributed by atoms with Gasteiger partial charge in [0, 0.05) is 17.7 Å². The molecule has 0 N–H and O–H groups in total. The van der Waals surface area contributed by atoms with Crippen molar-refractivity contribution in [2.24, 2.45) is 5.41 Å². The average Bonchev–Trinajstić information content (AvgIpc) is 2.69. The molecular formula is C17H17Cl3N2O. The quantitative estimate of drug-likeness (QED) is 0.514. The number of carbonyl (C=O) groups excluding carboxylic acids is 1. The van der Waals surface area contributed by atoms with Crippen molar-refractivity contribution in [3.8, 4) is 6.07 Å². The lowest BCUT2D eigenvalue weighted by molar-refractivity contribution is -0.131. The van der Waals surface area contributed by atoms with Gasteiger partial charge in [-0.1, -0.05) is 53.6 Å². The van der Waals surface area contributed by atoms with Gasteiger partial charge < -0.3 is 4.90 Å². The second kappa shape index (κ2) is 5.84. The van der Waals surface area contributed by atoms with E-state index < -0.39 is 9.75 Å². The molecule has 1 aliphatic heterocycles. The summed E-state index contributed by atoms with van der Waals surface area (Å²) in [6, 6.07) is 2.02. The van der Waals surface area contributed by atoms with Gasteiger partial charge in [0.05, 0.1) is 16.9 Å². The van der Waals surface area contributed by atoms with Gasteiger partial charge in [0.2, 0.25) is 4.33 Å². The zero-order valence-electron chi connectivity index (χ0n) is 12.7. The molecule has 2 aliphatic carbocycles. The molecule has 0 aromatic heterocycles. The molecule has 1 fully saturated rings. The van der Waals surface area contributed by atoms with E-state index in [-0.39, 0.29) is 23.4 Å². The van der Waals surface area contributed by atoms with E-state index in [4.69, 9.17) is 40.1 Å². The van der Waals surface area contributed by atoms with Crippen LogP contribution >= 0.6 is 34.8 Å². The minimum atomic E-state index is -1.55. The topological polar surface area (TPSA) is 44.1 Å². The van der Waals surface area contributed by atoms with Crippen LogP contribution in [0.4, 0.5) is 0 Å². The van der Waals surface area contributed by atoms with Crippen LogP contribution < -0.4 is 0 Å². The highest BCUT2D eigenvalue weighted by molar-refractivity contribution is 6.59. The Morgan fingerprint density at radius 2 is 2.00 bits per heavy atom. The smallest absolute Gasteiger partial charge is 0.260 e. The molecule has 2 atom stereocenters. The molecule has 3 rings (SSSR count). The highest BCUT2D eigenvalue weighted by atomic mass is 35.5. The molecule has 0 aromatic carbocycles. The Morgan fingerprint density at radius 3 is 2.52 bits per heavy atom. The van der Waals surface area contributed by atoms with Crippen LogP contribution in [-0.4, -0.2) is 32.6 Å². The van der Waals surface area contributed by atoms with Crippen molar-refractivity contribution >= 4 is 40.7 Å².